The molecule has 1 atom stereocenters. The third kappa shape index (κ3) is 2.91. The Morgan fingerprint density at radius 3 is 2.74 bits per heavy atom. The summed E-state index contributed by atoms with van der Waals surface area (Å²) < 4.78 is 0. The first-order valence-corrected chi connectivity index (χ1v) is 7.15. The minimum Gasteiger partial charge on any atom is -0.478 e. The molecule has 23 heavy (non-hydrogen) atoms. The Hall–Kier alpha value is -3.15. The summed E-state index contributed by atoms with van der Waals surface area (Å²) in [5, 5.41) is 13.2. The van der Waals surface area contributed by atoms with Crippen LogP contribution in [0.2, 0.25) is 0 Å². The van der Waals surface area contributed by atoms with Crippen LogP contribution in [0.5, 0.6) is 0 Å². The van der Waals surface area contributed by atoms with Gasteiger partial charge in [0, 0.05) is 11.1 Å². The number of anilines is 2. The Morgan fingerprint density at radius 2 is 2.00 bits per heavy atom. The number of fused-ring (bicyclic) bond motifs is 1. The van der Waals surface area contributed by atoms with E-state index < -0.39 is 5.97 Å². The quantitative estimate of drug-likeness (QED) is 0.640. The van der Waals surface area contributed by atoms with Crippen LogP contribution in [-0.4, -0.2) is 21.0 Å². The summed E-state index contributed by atoms with van der Waals surface area (Å²) in [7, 11) is 0. The van der Waals surface area contributed by atoms with Gasteiger partial charge in [0.25, 0.3) is 0 Å². The Bertz CT molecular complexity index is 879. The number of nitrogen functional groups attached to an aromatic ring is 1. The fourth-order valence-electron chi connectivity index (χ4n) is 2.49. The maximum absolute atomic E-state index is 11.3. The fraction of sp³-hybridized carbons (Fsp3) is 0.118. The molecule has 0 spiro atoms. The van der Waals surface area contributed by atoms with E-state index in [9.17, 15) is 9.90 Å². The van der Waals surface area contributed by atoms with E-state index in [1.165, 1.54) is 12.4 Å². The minimum absolute atomic E-state index is 0.0370. The van der Waals surface area contributed by atoms with Crippen LogP contribution < -0.4 is 11.1 Å². The molecule has 2 aromatic carbocycles. The van der Waals surface area contributed by atoms with E-state index in [1.54, 1.807) is 12.1 Å². The van der Waals surface area contributed by atoms with Crippen LogP contribution in [0.1, 0.15) is 28.9 Å². The van der Waals surface area contributed by atoms with Crippen LogP contribution in [0.15, 0.2) is 48.8 Å². The normalized spacial score (nSPS) is 12.0. The minimum atomic E-state index is -1.01. The summed E-state index contributed by atoms with van der Waals surface area (Å²) in [4.78, 5) is 19.7. The summed E-state index contributed by atoms with van der Waals surface area (Å²) >= 11 is 0. The summed E-state index contributed by atoms with van der Waals surface area (Å²) in [6.07, 6.45) is 1.36. The molecule has 6 heteroatoms. The number of para-hydroxylation sites is 1. The number of hydrogen-bond acceptors (Lipinski definition) is 5. The molecule has 3 aromatic rings. The number of aromatic carboxylic acids is 1. The van der Waals surface area contributed by atoms with Crippen molar-refractivity contribution in [3.05, 3.63) is 59.9 Å². The number of nitrogens with zero attached hydrogens (tertiary/aromatic N) is 2. The number of hydrogen-bond donors (Lipinski definition) is 3. The Balaban J connectivity index is 2.00. The molecule has 0 aliphatic carbocycles. The van der Waals surface area contributed by atoms with Crippen molar-refractivity contribution in [1.82, 2.24) is 9.97 Å². The molecule has 0 aliphatic rings. The zero-order valence-electron chi connectivity index (χ0n) is 12.5. The van der Waals surface area contributed by atoms with Crippen molar-refractivity contribution in [2.75, 3.05) is 11.1 Å². The van der Waals surface area contributed by atoms with Gasteiger partial charge in [0.05, 0.1) is 17.1 Å². The maximum atomic E-state index is 11.3. The van der Waals surface area contributed by atoms with Gasteiger partial charge >= 0.3 is 5.97 Å². The van der Waals surface area contributed by atoms with Gasteiger partial charge in [-0.2, -0.15) is 0 Å². The number of nitrogens with two attached hydrogens (primary N) is 1. The largest absolute Gasteiger partial charge is 0.478 e. The third-order valence-electron chi connectivity index (χ3n) is 3.66. The molecule has 0 aliphatic heterocycles. The van der Waals surface area contributed by atoms with Gasteiger partial charge in [-0.05, 0) is 36.8 Å². The van der Waals surface area contributed by atoms with Crippen molar-refractivity contribution in [3.63, 3.8) is 0 Å². The highest BCUT2D eigenvalue weighted by Crippen LogP contribution is 2.26. The molecular weight excluding hydrogens is 292 g/mol. The van der Waals surface area contributed by atoms with Gasteiger partial charge in [0.2, 0.25) is 0 Å². The number of rotatable bonds is 4. The Kier molecular flexibility index (Phi) is 3.80. The van der Waals surface area contributed by atoms with Crippen molar-refractivity contribution >= 4 is 28.4 Å². The van der Waals surface area contributed by atoms with Crippen molar-refractivity contribution < 1.29 is 9.90 Å². The second kappa shape index (κ2) is 5.92. The van der Waals surface area contributed by atoms with Crippen molar-refractivity contribution in [2.45, 2.75) is 13.0 Å². The van der Waals surface area contributed by atoms with Crippen LogP contribution in [-0.2, 0) is 0 Å². The zero-order valence-corrected chi connectivity index (χ0v) is 12.5. The lowest BCUT2D eigenvalue weighted by Crippen LogP contribution is -2.09. The van der Waals surface area contributed by atoms with Crippen LogP contribution in [0.25, 0.3) is 10.9 Å². The molecule has 0 saturated heterocycles. The number of carboxylic acids is 1. The van der Waals surface area contributed by atoms with E-state index in [-0.39, 0.29) is 11.6 Å². The topological polar surface area (TPSA) is 101 Å². The molecule has 0 saturated carbocycles. The van der Waals surface area contributed by atoms with E-state index in [0.29, 0.717) is 22.4 Å². The van der Waals surface area contributed by atoms with Gasteiger partial charge in [0.15, 0.2) is 0 Å². The SMILES string of the molecule is C[C@@H](Nc1ncnc2c(C(=O)O)cccc12)c1cccc(N)c1. The summed E-state index contributed by atoms with van der Waals surface area (Å²) in [6, 6.07) is 12.6. The van der Waals surface area contributed by atoms with Crippen LogP contribution in [0.4, 0.5) is 11.5 Å². The molecule has 1 heterocycles. The number of carboxylic acid groups (broad SMARTS) is 1. The number of benzene rings is 2. The molecule has 6 nitrogen and oxygen atoms in total. The second-order valence-corrected chi connectivity index (χ2v) is 5.27. The van der Waals surface area contributed by atoms with Crippen molar-refractivity contribution in [2.24, 2.45) is 0 Å². The third-order valence-corrected chi connectivity index (χ3v) is 3.66. The Labute approximate surface area is 133 Å². The van der Waals surface area contributed by atoms with E-state index in [0.717, 1.165) is 5.56 Å². The predicted octanol–water partition coefficient (Wildman–Crippen LogP) is 3.08. The lowest BCUT2D eigenvalue weighted by atomic mass is 10.1. The molecule has 0 radical (unpaired) electrons. The lowest BCUT2D eigenvalue weighted by Gasteiger charge is -2.17. The van der Waals surface area contributed by atoms with Crippen LogP contribution in [0, 0.1) is 0 Å². The molecule has 4 N–H and O–H groups in total. The second-order valence-electron chi connectivity index (χ2n) is 5.27. The zero-order chi connectivity index (χ0) is 16.4. The van der Waals surface area contributed by atoms with E-state index in [4.69, 9.17) is 5.73 Å². The summed E-state index contributed by atoms with van der Waals surface area (Å²) in [5.74, 6) is -0.419. The average Bonchev–Trinajstić information content (AvgIpc) is 2.54. The highest BCUT2D eigenvalue weighted by atomic mass is 16.4. The van der Waals surface area contributed by atoms with Gasteiger partial charge in [-0.15, -0.1) is 0 Å². The smallest absolute Gasteiger partial charge is 0.337 e. The first-order chi connectivity index (χ1) is 11.1. The molecule has 116 valence electrons. The van der Waals surface area contributed by atoms with Crippen molar-refractivity contribution in [3.8, 4) is 0 Å². The number of aromatic nitrogens is 2. The number of nitrogens with one attached hydrogen (secondary N) is 1. The average molecular weight is 308 g/mol. The van der Waals surface area contributed by atoms with E-state index in [2.05, 4.69) is 15.3 Å². The molecule has 1 aromatic heterocycles. The molecule has 0 bridgehead atoms. The van der Waals surface area contributed by atoms with Crippen LogP contribution >= 0.6 is 0 Å². The van der Waals surface area contributed by atoms with E-state index >= 15 is 0 Å². The standard InChI is InChI=1S/C17H16N4O2/c1-10(11-4-2-5-12(18)8-11)21-16-13-6-3-7-14(17(22)23)15(13)19-9-20-16/h2-10H,18H2,1H3,(H,22,23)(H,19,20,21)/t10-/m1/s1. The molecule has 0 unspecified atom stereocenters. The van der Waals surface area contributed by atoms with Crippen LogP contribution in [0.3, 0.4) is 0 Å². The van der Waals surface area contributed by atoms with Gasteiger partial charge in [-0.3, -0.25) is 0 Å². The molecule has 0 fully saturated rings. The van der Waals surface area contributed by atoms with Gasteiger partial charge in [-0.25, -0.2) is 14.8 Å². The highest BCUT2D eigenvalue weighted by Gasteiger charge is 2.14. The van der Waals surface area contributed by atoms with Gasteiger partial charge < -0.3 is 16.2 Å². The summed E-state index contributed by atoms with van der Waals surface area (Å²) in [6.45, 7) is 1.99. The van der Waals surface area contributed by atoms with E-state index in [1.807, 2.05) is 31.2 Å². The Morgan fingerprint density at radius 1 is 1.22 bits per heavy atom. The highest BCUT2D eigenvalue weighted by molar-refractivity contribution is 6.04. The summed E-state index contributed by atoms with van der Waals surface area (Å²) in [5.41, 5.74) is 8.10. The van der Waals surface area contributed by atoms with Crippen molar-refractivity contribution in [1.29, 1.82) is 0 Å². The molecule has 0 amide bonds. The monoisotopic (exact) mass is 308 g/mol. The van der Waals surface area contributed by atoms with Gasteiger partial charge in [0.1, 0.15) is 12.1 Å². The lowest BCUT2D eigenvalue weighted by molar-refractivity contribution is 0.0699. The molecular formula is C17H16N4O2. The fourth-order valence-corrected chi connectivity index (χ4v) is 2.49. The predicted molar refractivity (Wildman–Crippen MR) is 89.4 cm³/mol. The number of carbonyl (C=O) groups is 1. The van der Waals surface area contributed by atoms with Gasteiger partial charge in [-0.1, -0.05) is 18.2 Å². The maximum Gasteiger partial charge on any atom is 0.337 e. The first-order valence-electron chi connectivity index (χ1n) is 7.15. The first kappa shape index (κ1) is 14.8. The molecule has 3 rings (SSSR count).